The second-order valence-electron chi connectivity index (χ2n) is 2.40. The number of aliphatic hydroxyl groups excluding tert-OH is 1. The van der Waals surface area contributed by atoms with E-state index in [0.29, 0.717) is 0 Å². The second kappa shape index (κ2) is 3.15. The topological polar surface area (TPSA) is 55.5 Å². The van der Waals surface area contributed by atoms with Crippen molar-refractivity contribution in [1.82, 2.24) is 0 Å². The maximum absolute atomic E-state index is 8.59. The molecule has 3 heteroatoms. The van der Waals surface area contributed by atoms with E-state index in [-0.39, 0.29) is 18.8 Å². The minimum atomic E-state index is -0.174. The summed E-state index contributed by atoms with van der Waals surface area (Å²) in [6.45, 7) is 0.836. The molecule has 0 aromatic heterocycles. The van der Waals surface area contributed by atoms with Gasteiger partial charge in [0, 0.05) is 6.61 Å². The van der Waals surface area contributed by atoms with Crippen LogP contribution in [0.15, 0.2) is 0 Å². The van der Waals surface area contributed by atoms with E-state index in [1.165, 1.54) is 0 Å². The third-order valence-corrected chi connectivity index (χ3v) is 1.65. The molecular weight excluding hydrogens is 118 g/mol. The number of hydrogen-bond acceptors (Lipinski definition) is 3. The van der Waals surface area contributed by atoms with Crippen LogP contribution in [0.25, 0.3) is 0 Å². The second-order valence-corrected chi connectivity index (χ2v) is 2.40. The molecule has 0 aliphatic carbocycles. The molecule has 1 fully saturated rings. The van der Waals surface area contributed by atoms with Gasteiger partial charge in [-0.05, 0) is 12.8 Å². The molecule has 1 aliphatic rings. The minimum absolute atomic E-state index is 0.0324. The maximum Gasteiger partial charge on any atom is 0.0749 e. The molecule has 1 saturated heterocycles. The van der Waals surface area contributed by atoms with E-state index in [0.717, 1.165) is 19.4 Å². The zero-order valence-corrected chi connectivity index (χ0v) is 5.42. The van der Waals surface area contributed by atoms with Crippen molar-refractivity contribution < 1.29 is 9.84 Å². The summed E-state index contributed by atoms with van der Waals surface area (Å²) in [5.74, 6) is 0. The fourth-order valence-electron chi connectivity index (χ4n) is 1.06. The van der Waals surface area contributed by atoms with Crippen molar-refractivity contribution >= 4 is 0 Å². The molecule has 0 aromatic carbocycles. The summed E-state index contributed by atoms with van der Waals surface area (Å²) < 4.78 is 5.22. The zero-order valence-electron chi connectivity index (χ0n) is 5.42. The standard InChI is InChI=1S/C6H13NO2/c7-5(4-8)6-2-1-3-9-6/h5-6,8H,1-4,7H2/t5-,6-/m1/s1. The van der Waals surface area contributed by atoms with Gasteiger partial charge in [0.2, 0.25) is 0 Å². The SMILES string of the molecule is N[C@H](CO)[C@H]1CCCO1. The lowest BCUT2D eigenvalue weighted by molar-refractivity contribution is 0.0693. The third kappa shape index (κ3) is 1.64. The van der Waals surface area contributed by atoms with Crippen LogP contribution in [-0.4, -0.2) is 30.5 Å². The number of aliphatic hydroxyl groups is 1. The van der Waals surface area contributed by atoms with Crippen LogP contribution >= 0.6 is 0 Å². The molecule has 0 amide bonds. The monoisotopic (exact) mass is 131 g/mol. The normalized spacial score (nSPS) is 30.7. The average Bonchev–Trinajstić information content (AvgIpc) is 2.37. The number of hydrogen-bond donors (Lipinski definition) is 2. The molecule has 0 saturated carbocycles. The quantitative estimate of drug-likeness (QED) is 0.530. The van der Waals surface area contributed by atoms with Gasteiger partial charge in [-0.1, -0.05) is 0 Å². The first-order valence-electron chi connectivity index (χ1n) is 3.32. The van der Waals surface area contributed by atoms with Crippen molar-refractivity contribution in [3.8, 4) is 0 Å². The Morgan fingerprint density at radius 2 is 2.56 bits per heavy atom. The van der Waals surface area contributed by atoms with Crippen molar-refractivity contribution in [2.24, 2.45) is 5.73 Å². The maximum atomic E-state index is 8.59. The van der Waals surface area contributed by atoms with Gasteiger partial charge in [0.05, 0.1) is 18.8 Å². The Balaban J connectivity index is 2.24. The van der Waals surface area contributed by atoms with Crippen LogP contribution < -0.4 is 5.73 Å². The summed E-state index contributed by atoms with van der Waals surface area (Å²) >= 11 is 0. The number of ether oxygens (including phenoxy) is 1. The van der Waals surface area contributed by atoms with E-state index in [2.05, 4.69) is 0 Å². The summed E-state index contributed by atoms with van der Waals surface area (Å²) in [5.41, 5.74) is 5.50. The molecule has 1 rings (SSSR count). The van der Waals surface area contributed by atoms with Crippen LogP contribution in [-0.2, 0) is 4.74 Å². The smallest absolute Gasteiger partial charge is 0.0749 e. The van der Waals surface area contributed by atoms with E-state index < -0.39 is 0 Å². The zero-order chi connectivity index (χ0) is 6.69. The first-order valence-corrected chi connectivity index (χ1v) is 3.32. The van der Waals surface area contributed by atoms with Crippen LogP contribution in [0.5, 0.6) is 0 Å². The number of nitrogens with two attached hydrogens (primary N) is 1. The Morgan fingerprint density at radius 1 is 1.78 bits per heavy atom. The molecule has 3 N–H and O–H groups in total. The predicted molar refractivity (Wildman–Crippen MR) is 34.0 cm³/mol. The minimum Gasteiger partial charge on any atom is -0.395 e. The highest BCUT2D eigenvalue weighted by Gasteiger charge is 2.21. The molecule has 0 spiro atoms. The van der Waals surface area contributed by atoms with Crippen LogP contribution in [0.3, 0.4) is 0 Å². The van der Waals surface area contributed by atoms with Crippen molar-refractivity contribution in [2.45, 2.75) is 25.0 Å². The Bertz CT molecular complexity index is 81.1. The summed E-state index contributed by atoms with van der Waals surface area (Å²) in [6.07, 6.45) is 2.19. The van der Waals surface area contributed by atoms with Crippen LogP contribution in [0.1, 0.15) is 12.8 Å². The molecule has 0 bridgehead atoms. The van der Waals surface area contributed by atoms with Gasteiger partial charge in [-0.15, -0.1) is 0 Å². The highest BCUT2D eigenvalue weighted by Crippen LogP contribution is 2.13. The molecule has 0 aromatic rings. The lowest BCUT2D eigenvalue weighted by Gasteiger charge is -2.14. The van der Waals surface area contributed by atoms with Gasteiger partial charge in [0.25, 0.3) is 0 Å². The molecular formula is C6H13NO2. The van der Waals surface area contributed by atoms with Crippen LogP contribution in [0, 0.1) is 0 Å². The van der Waals surface area contributed by atoms with Gasteiger partial charge < -0.3 is 15.6 Å². The summed E-state index contributed by atoms with van der Waals surface area (Å²) in [4.78, 5) is 0. The molecule has 0 unspecified atom stereocenters. The average molecular weight is 131 g/mol. The van der Waals surface area contributed by atoms with Crippen molar-refractivity contribution in [3.63, 3.8) is 0 Å². The third-order valence-electron chi connectivity index (χ3n) is 1.65. The molecule has 1 aliphatic heterocycles. The molecule has 2 atom stereocenters. The first kappa shape index (κ1) is 6.99. The largest absolute Gasteiger partial charge is 0.395 e. The van der Waals surface area contributed by atoms with Crippen molar-refractivity contribution in [3.05, 3.63) is 0 Å². The number of rotatable bonds is 2. The van der Waals surface area contributed by atoms with Gasteiger partial charge in [-0.3, -0.25) is 0 Å². The summed E-state index contributed by atoms with van der Waals surface area (Å²) in [6, 6.07) is -0.174. The highest BCUT2D eigenvalue weighted by atomic mass is 16.5. The van der Waals surface area contributed by atoms with Crippen molar-refractivity contribution in [2.75, 3.05) is 13.2 Å². The Kier molecular flexibility index (Phi) is 2.45. The van der Waals surface area contributed by atoms with E-state index in [1.54, 1.807) is 0 Å². The molecule has 9 heavy (non-hydrogen) atoms. The lowest BCUT2D eigenvalue weighted by atomic mass is 10.1. The van der Waals surface area contributed by atoms with E-state index in [1.807, 2.05) is 0 Å². The van der Waals surface area contributed by atoms with Gasteiger partial charge in [0.15, 0.2) is 0 Å². The summed E-state index contributed by atoms with van der Waals surface area (Å²) in [5, 5.41) is 8.59. The molecule has 54 valence electrons. The predicted octanol–water partition coefficient (Wildman–Crippen LogP) is -0.515. The lowest BCUT2D eigenvalue weighted by Crippen LogP contribution is -2.37. The van der Waals surface area contributed by atoms with Gasteiger partial charge in [-0.2, -0.15) is 0 Å². The van der Waals surface area contributed by atoms with Gasteiger partial charge in [0.1, 0.15) is 0 Å². The van der Waals surface area contributed by atoms with Crippen LogP contribution in [0.2, 0.25) is 0 Å². The first-order chi connectivity index (χ1) is 4.34. The van der Waals surface area contributed by atoms with Gasteiger partial charge in [-0.25, -0.2) is 0 Å². The van der Waals surface area contributed by atoms with Crippen LogP contribution in [0.4, 0.5) is 0 Å². The van der Waals surface area contributed by atoms with Crippen molar-refractivity contribution in [1.29, 1.82) is 0 Å². The fraction of sp³-hybridized carbons (Fsp3) is 1.00. The van der Waals surface area contributed by atoms with E-state index in [9.17, 15) is 0 Å². The Labute approximate surface area is 54.8 Å². The fourth-order valence-corrected chi connectivity index (χ4v) is 1.06. The Morgan fingerprint density at radius 3 is 3.00 bits per heavy atom. The summed E-state index contributed by atoms with van der Waals surface area (Å²) in [7, 11) is 0. The molecule has 0 radical (unpaired) electrons. The van der Waals surface area contributed by atoms with E-state index >= 15 is 0 Å². The molecule has 3 nitrogen and oxygen atoms in total. The van der Waals surface area contributed by atoms with Gasteiger partial charge >= 0.3 is 0 Å². The highest BCUT2D eigenvalue weighted by molar-refractivity contribution is 4.75. The molecule has 1 heterocycles. The van der Waals surface area contributed by atoms with E-state index in [4.69, 9.17) is 15.6 Å². The Hall–Kier alpha value is -0.120.